The van der Waals surface area contributed by atoms with E-state index in [0.29, 0.717) is 13.1 Å². The van der Waals surface area contributed by atoms with Crippen molar-refractivity contribution in [1.29, 1.82) is 0 Å². The van der Waals surface area contributed by atoms with Gasteiger partial charge in [0.1, 0.15) is 0 Å². The number of thiophene rings is 1. The third-order valence-electron chi connectivity index (χ3n) is 2.25. The number of hydrogen-bond acceptors (Lipinski definition) is 5. The molecule has 1 N–H and O–H groups in total. The molecule has 0 atom stereocenters. The van der Waals surface area contributed by atoms with E-state index in [0.717, 1.165) is 28.0 Å². The van der Waals surface area contributed by atoms with Crippen molar-refractivity contribution < 1.29 is 0 Å². The maximum absolute atomic E-state index is 5.89. The zero-order valence-corrected chi connectivity index (χ0v) is 11.1. The highest BCUT2D eigenvalue weighted by atomic mass is 35.5. The van der Waals surface area contributed by atoms with Crippen molar-refractivity contribution in [2.24, 2.45) is 0 Å². The molecular weight excluding hydrogens is 258 g/mol. The van der Waals surface area contributed by atoms with Crippen LogP contribution in [0.3, 0.4) is 0 Å². The van der Waals surface area contributed by atoms with Crippen LogP contribution in [0.15, 0.2) is 12.1 Å². The third-order valence-corrected chi connectivity index (χ3v) is 3.47. The van der Waals surface area contributed by atoms with Gasteiger partial charge in [-0.3, -0.25) is 0 Å². The summed E-state index contributed by atoms with van der Waals surface area (Å²) in [4.78, 5) is 1.15. The van der Waals surface area contributed by atoms with E-state index in [1.807, 2.05) is 12.1 Å². The minimum Gasteiger partial charge on any atom is -0.310 e. The summed E-state index contributed by atoms with van der Waals surface area (Å²) in [5, 5.41) is 15.0. The molecule has 7 heteroatoms. The van der Waals surface area contributed by atoms with E-state index >= 15 is 0 Å². The second kappa shape index (κ2) is 6.09. The molecule has 0 aromatic carbocycles. The maximum Gasteiger partial charge on any atom is 0.165 e. The average molecular weight is 272 g/mol. The number of nitrogens with one attached hydrogen (secondary N) is 1. The molecule has 0 aliphatic rings. The third kappa shape index (κ3) is 3.49. The molecule has 92 valence electrons. The molecule has 5 nitrogen and oxygen atoms in total. The van der Waals surface area contributed by atoms with Crippen LogP contribution >= 0.6 is 22.9 Å². The summed E-state index contributed by atoms with van der Waals surface area (Å²) in [7, 11) is 0. The predicted molar refractivity (Wildman–Crippen MR) is 68.2 cm³/mol. The molecule has 17 heavy (non-hydrogen) atoms. The smallest absolute Gasteiger partial charge is 0.165 e. The molecule has 0 radical (unpaired) electrons. The second-order valence-corrected chi connectivity index (χ2v) is 5.43. The van der Waals surface area contributed by atoms with Crippen molar-refractivity contribution in [3.05, 3.63) is 27.2 Å². The largest absolute Gasteiger partial charge is 0.310 e. The van der Waals surface area contributed by atoms with Crippen LogP contribution in [0, 0.1) is 0 Å². The monoisotopic (exact) mass is 271 g/mol. The highest BCUT2D eigenvalue weighted by Gasteiger charge is 2.07. The van der Waals surface area contributed by atoms with Crippen LogP contribution in [0.2, 0.25) is 4.34 Å². The van der Waals surface area contributed by atoms with Gasteiger partial charge < -0.3 is 5.32 Å². The lowest BCUT2D eigenvalue weighted by molar-refractivity contribution is 0.580. The Hall–Kier alpha value is -0.980. The van der Waals surface area contributed by atoms with Crippen LogP contribution in [-0.4, -0.2) is 26.8 Å². The summed E-state index contributed by atoms with van der Waals surface area (Å²) in [6.07, 6.45) is 1.10. The number of rotatable bonds is 6. The molecule has 0 amide bonds. The van der Waals surface area contributed by atoms with Gasteiger partial charge in [0, 0.05) is 4.88 Å². The van der Waals surface area contributed by atoms with Crippen molar-refractivity contribution in [2.45, 2.75) is 26.4 Å². The Morgan fingerprint density at radius 1 is 1.47 bits per heavy atom. The van der Waals surface area contributed by atoms with Gasteiger partial charge >= 0.3 is 0 Å². The van der Waals surface area contributed by atoms with Crippen molar-refractivity contribution in [2.75, 3.05) is 6.54 Å². The van der Waals surface area contributed by atoms with Crippen LogP contribution in [0.4, 0.5) is 0 Å². The first kappa shape index (κ1) is 12.5. The Kier molecular flexibility index (Phi) is 4.47. The SMILES string of the molecule is CCCNCc1nnnn1Cc1ccc(Cl)s1. The number of nitrogens with zero attached hydrogens (tertiary/aromatic N) is 4. The fourth-order valence-electron chi connectivity index (χ4n) is 1.43. The van der Waals surface area contributed by atoms with E-state index in [2.05, 4.69) is 27.8 Å². The lowest BCUT2D eigenvalue weighted by Gasteiger charge is -2.03. The number of tetrazole rings is 1. The first-order valence-electron chi connectivity index (χ1n) is 5.49. The van der Waals surface area contributed by atoms with E-state index in [1.165, 1.54) is 0 Å². The Bertz CT molecular complexity index is 467. The van der Waals surface area contributed by atoms with Crippen LogP contribution in [0.5, 0.6) is 0 Å². The molecule has 2 aromatic heterocycles. The highest BCUT2D eigenvalue weighted by molar-refractivity contribution is 7.16. The molecule has 2 heterocycles. The second-order valence-electron chi connectivity index (χ2n) is 3.64. The van der Waals surface area contributed by atoms with E-state index in [4.69, 9.17) is 11.6 Å². The van der Waals surface area contributed by atoms with E-state index in [9.17, 15) is 0 Å². The van der Waals surface area contributed by atoms with Gasteiger partial charge in [-0.1, -0.05) is 18.5 Å². The van der Waals surface area contributed by atoms with Gasteiger partial charge in [-0.15, -0.1) is 16.4 Å². The number of aromatic nitrogens is 4. The fraction of sp³-hybridized carbons (Fsp3) is 0.500. The number of hydrogen-bond donors (Lipinski definition) is 1. The Labute approximate surface area is 109 Å². The van der Waals surface area contributed by atoms with Gasteiger partial charge in [-0.25, -0.2) is 4.68 Å². The summed E-state index contributed by atoms with van der Waals surface area (Å²) in [6.45, 7) is 4.47. The zero-order chi connectivity index (χ0) is 12.1. The molecule has 0 spiro atoms. The average Bonchev–Trinajstić information content (AvgIpc) is 2.90. The molecule has 0 fully saturated rings. The minimum atomic E-state index is 0.674. The molecule has 0 bridgehead atoms. The van der Waals surface area contributed by atoms with Crippen LogP contribution in [0.1, 0.15) is 24.0 Å². The first-order chi connectivity index (χ1) is 8.29. The van der Waals surface area contributed by atoms with Crippen LogP contribution in [0.25, 0.3) is 0 Å². The molecule has 0 saturated carbocycles. The van der Waals surface area contributed by atoms with Gasteiger partial charge in [0.25, 0.3) is 0 Å². The normalized spacial score (nSPS) is 10.9. The van der Waals surface area contributed by atoms with Crippen molar-refractivity contribution in [1.82, 2.24) is 25.5 Å². The van der Waals surface area contributed by atoms with E-state index in [1.54, 1.807) is 16.0 Å². The van der Waals surface area contributed by atoms with E-state index < -0.39 is 0 Å². The molecule has 0 aliphatic heterocycles. The zero-order valence-electron chi connectivity index (χ0n) is 9.56. The lowest BCUT2D eigenvalue weighted by Crippen LogP contribution is -2.18. The Morgan fingerprint density at radius 3 is 3.06 bits per heavy atom. The predicted octanol–water partition coefficient (Wildman–Crippen LogP) is 1.94. The van der Waals surface area contributed by atoms with Crippen molar-refractivity contribution in [3.63, 3.8) is 0 Å². The standard InChI is InChI=1S/C10H14ClN5S/c1-2-5-12-6-10-13-14-15-16(10)7-8-3-4-9(11)17-8/h3-4,12H,2,5-7H2,1H3. The molecule has 0 saturated heterocycles. The summed E-state index contributed by atoms with van der Waals surface area (Å²) < 4.78 is 2.59. The van der Waals surface area contributed by atoms with Gasteiger partial charge in [0.15, 0.2) is 5.82 Å². The van der Waals surface area contributed by atoms with Gasteiger partial charge in [-0.2, -0.15) is 0 Å². The van der Waals surface area contributed by atoms with Gasteiger partial charge in [0.2, 0.25) is 0 Å². The fourth-order valence-corrected chi connectivity index (χ4v) is 2.50. The lowest BCUT2D eigenvalue weighted by atomic mass is 10.4. The molecule has 0 aliphatic carbocycles. The van der Waals surface area contributed by atoms with Gasteiger partial charge in [0.05, 0.1) is 17.4 Å². The highest BCUT2D eigenvalue weighted by Crippen LogP contribution is 2.22. The maximum atomic E-state index is 5.89. The summed E-state index contributed by atoms with van der Waals surface area (Å²) in [5.74, 6) is 0.850. The molecule has 0 unspecified atom stereocenters. The van der Waals surface area contributed by atoms with Gasteiger partial charge in [-0.05, 0) is 35.5 Å². The van der Waals surface area contributed by atoms with Crippen LogP contribution < -0.4 is 5.32 Å². The summed E-state index contributed by atoms with van der Waals surface area (Å²) >= 11 is 7.44. The summed E-state index contributed by atoms with van der Waals surface area (Å²) in [5.41, 5.74) is 0. The number of halogens is 1. The van der Waals surface area contributed by atoms with E-state index in [-0.39, 0.29) is 0 Å². The Morgan fingerprint density at radius 2 is 2.35 bits per heavy atom. The minimum absolute atomic E-state index is 0.674. The van der Waals surface area contributed by atoms with Crippen molar-refractivity contribution >= 4 is 22.9 Å². The molecule has 2 rings (SSSR count). The topological polar surface area (TPSA) is 55.6 Å². The summed E-state index contributed by atoms with van der Waals surface area (Å²) in [6, 6.07) is 3.89. The molecule has 2 aromatic rings. The quantitative estimate of drug-likeness (QED) is 0.816. The molecular formula is C10H14ClN5S. The van der Waals surface area contributed by atoms with Crippen LogP contribution in [-0.2, 0) is 13.1 Å². The van der Waals surface area contributed by atoms with Crippen molar-refractivity contribution in [3.8, 4) is 0 Å². The Balaban J connectivity index is 1.98. The first-order valence-corrected chi connectivity index (χ1v) is 6.69.